The van der Waals surface area contributed by atoms with Crippen LogP contribution >= 0.6 is 0 Å². The largest absolute Gasteiger partial charge is 0.398 e. The molecule has 0 saturated carbocycles. The highest BCUT2D eigenvalue weighted by molar-refractivity contribution is 5.59. The van der Waals surface area contributed by atoms with Crippen LogP contribution in [0.2, 0.25) is 0 Å². The number of hydrogen-bond donors (Lipinski definition) is 1. The van der Waals surface area contributed by atoms with Crippen molar-refractivity contribution < 1.29 is 4.52 Å². The summed E-state index contributed by atoms with van der Waals surface area (Å²) in [7, 11) is 0. The van der Waals surface area contributed by atoms with Gasteiger partial charge in [-0.25, -0.2) is 0 Å². The Kier molecular flexibility index (Phi) is 3.21. The molecule has 2 N–H and O–H groups in total. The van der Waals surface area contributed by atoms with Gasteiger partial charge in [-0.2, -0.15) is 4.98 Å². The Bertz CT molecular complexity index is 734. The third-order valence-electron chi connectivity index (χ3n) is 3.25. The lowest BCUT2D eigenvalue weighted by Gasteiger charge is -2.00. The lowest BCUT2D eigenvalue weighted by molar-refractivity contribution is 0.386. The number of benzene rings is 2. The quantitative estimate of drug-likeness (QED) is 0.738. The van der Waals surface area contributed by atoms with Crippen molar-refractivity contribution in [2.24, 2.45) is 0 Å². The van der Waals surface area contributed by atoms with E-state index in [1.807, 2.05) is 55.5 Å². The number of nitrogen functional groups attached to an aromatic ring is 1. The standard InChI is InChI=1S/C16H15N3O/c1-11-6-2-4-8-13(11)16-18-15(20-19-16)10-12-7-3-5-9-14(12)17/h2-9H,10,17H2,1H3. The van der Waals surface area contributed by atoms with E-state index in [-0.39, 0.29) is 0 Å². The number of para-hydroxylation sites is 1. The maximum absolute atomic E-state index is 5.92. The highest BCUT2D eigenvalue weighted by atomic mass is 16.5. The van der Waals surface area contributed by atoms with Crippen molar-refractivity contribution in [3.63, 3.8) is 0 Å². The molecule has 4 nitrogen and oxygen atoms in total. The zero-order valence-electron chi connectivity index (χ0n) is 11.2. The third kappa shape index (κ3) is 2.40. The van der Waals surface area contributed by atoms with E-state index in [2.05, 4.69) is 10.1 Å². The van der Waals surface area contributed by atoms with Gasteiger partial charge in [0.05, 0.1) is 6.42 Å². The van der Waals surface area contributed by atoms with Gasteiger partial charge in [-0.3, -0.25) is 0 Å². The molecule has 0 bridgehead atoms. The van der Waals surface area contributed by atoms with E-state index in [0.29, 0.717) is 18.1 Å². The minimum atomic E-state index is 0.547. The zero-order chi connectivity index (χ0) is 13.9. The molecule has 0 unspecified atom stereocenters. The predicted octanol–water partition coefficient (Wildman–Crippen LogP) is 3.22. The summed E-state index contributed by atoms with van der Waals surface area (Å²) in [4.78, 5) is 4.44. The lowest BCUT2D eigenvalue weighted by atomic mass is 10.1. The highest BCUT2D eigenvalue weighted by Crippen LogP contribution is 2.21. The first kappa shape index (κ1) is 12.4. The van der Waals surface area contributed by atoms with Gasteiger partial charge in [0.2, 0.25) is 11.7 Å². The van der Waals surface area contributed by atoms with E-state index < -0.39 is 0 Å². The van der Waals surface area contributed by atoms with Crippen LogP contribution in [0.15, 0.2) is 53.1 Å². The summed E-state index contributed by atoms with van der Waals surface area (Å²) in [6, 6.07) is 15.7. The van der Waals surface area contributed by atoms with Crippen LogP contribution in [0.1, 0.15) is 17.0 Å². The number of anilines is 1. The monoisotopic (exact) mass is 265 g/mol. The summed E-state index contributed by atoms with van der Waals surface area (Å²) in [5.41, 5.74) is 9.77. The number of nitrogens with two attached hydrogens (primary N) is 1. The fraction of sp³-hybridized carbons (Fsp3) is 0.125. The van der Waals surface area contributed by atoms with Gasteiger partial charge in [0.15, 0.2) is 0 Å². The van der Waals surface area contributed by atoms with Crippen molar-refractivity contribution in [2.75, 3.05) is 5.73 Å². The van der Waals surface area contributed by atoms with Gasteiger partial charge in [0, 0.05) is 11.3 Å². The highest BCUT2D eigenvalue weighted by Gasteiger charge is 2.11. The summed E-state index contributed by atoms with van der Waals surface area (Å²) in [6.45, 7) is 2.03. The topological polar surface area (TPSA) is 64.9 Å². The van der Waals surface area contributed by atoms with Crippen molar-refractivity contribution in [2.45, 2.75) is 13.3 Å². The van der Waals surface area contributed by atoms with Gasteiger partial charge in [-0.1, -0.05) is 47.6 Å². The molecule has 20 heavy (non-hydrogen) atoms. The second kappa shape index (κ2) is 5.17. The van der Waals surface area contributed by atoms with Crippen LogP contribution in [0.25, 0.3) is 11.4 Å². The van der Waals surface area contributed by atoms with Crippen LogP contribution in [-0.4, -0.2) is 10.1 Å². The van der Waals surface area contributed by atoms with Crippen LogP contribution in [0.3, 0.4) is 0 Å². The summed E-state index contributed by atoms with van der Waals surface area (Å²) >= 11 is 0. The number of aromatic nitrogens is 2. The number of nitrogens with zero attached hydrogens (tertiary/aromatic N) is 2. The van der Waals surface area contributed by atoms with Crippen LogP contribution in [-0.2, 0) is 6.42 Å². The molecule has 0 saturated heterocycles. The molecular weight excluding hydrogens is 250 g/mol. The molecule has 0 aliphatic carbocycles. The molecule has 0 aliphatic rings. The maximum atomic E-state index is 5.92. The molecular formula is C16H15N3O. The minimum absolute atomic E-state index is 0.547. The summed E-state index contributed by atoms with van der Waals surface area (Å²) < 4.78 is 5.32. The number of hydrogen-bond acceptors (Lipinski definition) is 4. The fourth-order valence-electron chi connectivity index (χ4n) is 2.12. The molecule has 100 valence electrons. The van der Waals surface area contributed by atoms with Gasteiger partial charge < -0.3 is 10.3 Å². The minimum Gasteiger partial charge on any atom is -0.398 e. The number of rotatable bonds is 3. The van der Waals surface area contributed by atoms with Crippen LogP contribution in [0.5, 0.6) is 0 Å². The van der Waals surface area contributed by atoms with Gasteiger partial charge in [-0.15, -0.1) is 0 Å². The molecule has 3 rings (SSSR count). The molecule has 0 radical (unpaired) electrons. The first-order chi connectivity index (χ1) is 9.74. The van der Waals surface area contributed by atoms with Crippen molar-refractivity contribution in [3.05, 3.63) is 65.5 Å². The Morgan fingerprint density at radius 1 is 1.05 bits per heavy atom. The average molecular weight is 265 g/mol. The van der Waals surface area contributed by atoms with Crippen LogP contribution in [0, 0.1) is 6.92 Å². The van der Waals surface area contributed by atoms with E-state index in [0.717, 1.165) is 22.4 Å². The Labute approximate surface area is 117 Å². The van der Waals surface area contributed by atoms with Gasteiger partial charge in [0.1, 0.15) is 0 Å². The molecule has 1 aromatic heterocycles. The average Bonchev–Trinajstić information content (AvgIpc) is 2.90. The number of aryl methyl sites for hydroxylation is 1. The Hall–Kier alpha value is -2.62. The Balaban J connectivity index is 1.88. The second-order valence-corrected chi connectivity index (χ2v) is 4.70. The fourth-order valence-corrected chi connectivity index (χ4v) is 2.12. The summed E-state index contributed by atoms with van der Waals surface area (Å²) in [6.07, 6.45) is 0.547. The van der Waals surface area contributed by atoms with Gasteiger partial charge in [-0.05, 0) is 24.1 Å². The normalized spacial score (nSPS) is 10.7. The molecule has 0 fully saturated rings. The SMILES string of the molecule is Cc1ccccc1-c1noc(Cc2ccccc2N)n1. The van der Waals surface area contributed by atoms with Crippen molar-refractivity contribution in [3.8, 4) is 11.4 Å². The van der Waals surface area contributed by atoms with Crippen molar-refractivity contribution in [1.82, 2.24) is 10.1 Å². The Morgan fingerprint density at radius 3 is 2.60 bits per heavy atom. The zero-order valence-corrected chi connectivity index (χ0v) is 11.2. The van der Waals surface area contributed by atoms with Crippen molar-refractivity contribution in [1.29, 1.82) is 0 Å². The molecule has 0 atom stereocenters. The second-order valence-electron chi connectivity index (χ2n) is 4.70. The molecule has 0 spiro atoms. The van der Waals surface area contributed by atoms with Crippen molar-refractivity contribution >= 4 is 5.69 Å². The summed E-state index contributed by atoms with van der Waals surface area (Å²) in [5.74, 6) is 1.19. The van der Waals surface area contributed by atoms with E-state index in [1.165, 1.54) is 0 Å². The molecule has 1 heterocycles. The van der Waals surface area contributed by atoms with Gasteiger partial charge in [0.25, 0.3) is 0 Å². The van der Waals surface area contributed by atoms with Gasteiger partial charge >= 0.3 is 0 Å². The smallest absolute Gasteiger partial charge is 0.231 e. The maximum Gasteiger partial charge on any atom is 0.231 e. The lowest BCUT2D eigenvalue weighted by Crippen LogP contribution is -1.95. The predicted molar refractivity (Wildman–Crippen MR) is 78.1 cm³/mol. The van der Waals surface area contributed by atoms with E-state index >= 15 is 0 Å². The van der Waals surface area contributed by atoms with E-state index in [1.54, 1.807) is 0 Å². The van der Waals surface area contributed by atoms with Crippen LogP contribution in [0.4, 0.5) is 5.69 Å². The third-order valence-corrected chi connectivity index (χ3v) is 3.25. The first-order valence-corrected chi connectivity index (χ1v) is 6.46. The molecule has 2 aromatic carbocycles. The van der Waals surface area contributed by atoms with E-state index in [4.69, 9.17) is 10.3 Å². The molecule has 0 amide bonds. The van der Waals surface area contributed by atoms with Crippen LogP contribution < -0.4 is 5.73 Å². The molecule has 4 heteroatoms. The first-order valence-electron chi connectivity index (χ1n) is 6.46. The Morgan fingerprint density at radius 2 is 1.80 bits per heavy atom. The summed E-state index contributed by atoms with van der Waals surface area (Å²) in [5, 5.41) is 4.05. The molecule has 0 aliphatic heterocycles. The van der Waals surface area contributed by atoms with E-state index in [9.17, 15) is 0 Å². The molecule has 3 aromatic rings.